The summed E-state index contributed by atoms with van der Waals surface area (Å²) >= 11 is 0. The largest absolute Gasteiger partial charge is 0.478 e. The fraction of sp³-hybridized carbons (Fsp3) is 0.400. The highest BCUT2D eigenvalue weighted by Crippen LogP contribution is 2.30. The average molecular weight is 277 g/mol. The Morgan fingerprint density at radius 1 is 1.25 bits per heavy atom. The van der Waals surface area contributed by atoms with E-state index in [4.69, 9.17) is 5.11 Å². The van der Waals surface area contributed by atoms with Gasteiger partial charge in [-0.25, -0.2) is 4.79 Å². The standard InChI is InChI=1S/C15H19NO4/c1-10-11(5-3-8-17)14-12(15(19)20)4-2-6-13(14)16(10)7-9-18/h2,4,6,17-18H,3,5,7-9H2,1H3,(H,19,20). The predicted octanol–water partition coefficient (Wildman–Crippen LogP) is 1.57. The predicted molar refractivity (Wildman–Crippen MR) is 76.1 cm³/mol. The van der Waals surface area contributed by atoms with Gasteiger partial charge in [0.2, 0.25) is 0 Å². The molecule has 108 valence electrons. The zero-order chi connectivity index (χ0) is 14.7. The number of aryl methyl sites for hydroxylation is 1. The molecule has 0 amide bonds. The van der Waals surface area contributed by atoms with E-state index in [2.05, 4.69) is 0 Å². The molecule has 0 fully saturated rings. The van der Waals surface area contributed by atoms with Gasteiger partial charge in [-0.3, -0.25) is 0 Å². The Morgan fingerprint density at radius 2 is 2.00 bits per heavy atom. The fourth-order valence-electron chi connectivity index (χ4n) is 2.73. The third-order valence-corrected chi connectivity index (χ3v) is 3.62. The number of carboxylic acid groups (broad SMARTS) is 1. The Kier molecular flexibility index (Phi) is 4.42. The Morgan fingerprint density at radius 3 is 2.60 bits per heavy atom. The fourth-order valence-corrected chi connectivity index (χ4v) is 2.73. The molecule has 20 heavy (non-hydrogen) atoms. The molecule has 2 aromatic rings. The first-order chi connectivity index (χ1) is 9.61. The van der Waals surface area contributed by atoms with Crippen molar-refractivity contribution in [3.63, 3.8) is 0 Å². The van der Waals surface area contributed by atoms with Crippen molar-refractivity contribution in [2.24, 2.45) is 0 Å². The summed E-state index contributed by atoms with van der Waals surface area (Å²) in [7, 11) is 0. The van der Waals surface area contributed by atoms with Crippen LogP contribution in [-0.2, 0) is 13.0 Å². The van der Waals surface area contributed by atoms with Crippen LogP contribution in [0.15, 0.2) is 18.2 Å². The second kappa shape index (κ2) is 6.07. The van der Waals surface area contributed by atoms with Gasteiger partial charge in [-0.15, -0.1) is 0 Å². The van der Waals surface area contributed by atoms with Crippen molar-refractivity contribution >= 4 is 16.9 Å². The highest BCUT2D eigenvalue weighted by Gasteiger charge is 2.19. The molecule has 0 aliphatic carbocycles. The van der Waals surface area contributed by atoms with Crippen LogP contribution in [0.1, 0.15) is 28.0 Å². The SMILES string of the molecule is Cc1c(CCCO)c2c(C(=O)O)cccc2n1CCO. The van der Waals surface area contributed by atoms with Crippen LogP contribution in [-0.4, -0.2) is 39.1 Å². The number of hydrogen-bond donors (Lipinski definition) is 3. The molecule has 3 N–H and O–H groups in total. The molecule has 1 heterocycles. The van der Waals surface area contributed by atoms with Crippen molar-refractivity contribution < 1.29 is 20.1 Å². The molecule has 5 heteroatoms. The first kappa shape index (κ1) is 14.6. The molecule has 0 atom stereocenters. The summed E-state index contributed by atoms with van der Waals surface area (Å²) in [6.45, 7) is 2.43. The van der Waals surface area contributed by atoms with Crippen LogP contribution in [0.5, 0.6) is 0 Å². The summed E-state index contributed by atoms with van der Waals surface area (Å²) in [5.41, 5.74) is 3.00. The van der Waals surface area contributed by atoms with Crippen LogP contribution in [0.25, 0.3) is 10.9 Å². The number of benzene rings is 1. The highest BCUT2D eigenvalue weighted by molar-refractivity contribution is 6.05. The van der Waals surface area contributed by atoms with E-state index in [1.807, 2.05) is 17.6 Å². The van der Waals surface area contributed by atoms with E-state index in [0.29, 0.717) is 19.4 Å². The molecule has 0 aliphatic rings. The van der Waals surface area contributed by atoms with Gasteiger partial charge in [0.15, 0.2) is 0 Å². The molecule has 1 aromatic carbocycles. The number of aromatic nitrogens is 1. The molecule has 0 radical (unpaired) electrons. The Bertz CT molecular complexity index is 630. The lowest BCUT2D eigenvalue weighted by atomic mass is 10.0. The lowest BCUT2D eigenvalue weighted by molar-refractivity contribution is 0.0699. The Balaban J connectivity index is 2.73. The number of aliphatic hydroxyl groups is 2. The summed E-state index contributed by atoms with van der Waals surface area (Å²) in [5.74, 6) is -0.956. The first-order valence-corrected chi connectivity index (χ1v) is 6.67. The zero-order valence-corrected chi connectivity index (χ0v) is 11.5. The van der Waals surface area contributed by atoms with Crippen LogP contribution < -0.4 is 0 Å². The molecule has 1 aromatic heterocycles. The number of hydrogen-bond acceptors (Lipinski definition) is 3. The van der Waals surface area contributed by atoms with E-state index in [1.165, 1.54) is 0 Å². The first-order valence-electron chi connectivity index (χ1n) is 6.67. The number of nitrogens with zero attached hydrogens (tertiary/aromatic N) is 1. The molecule has 0 aliphatic heterocycles. The molecule has 0 spiro atoms. The molecule has 0 unspecified atom stereocenters. The maximum atomic E-state index is 11.4. The lowest BCUT2D eigenvalue weighted by Gasteiger charge is -2.06. The Labute approximate surface area is 117 Å². The molecule has 0 saturated carbocycles. The van der Waals surface area contributed by atoms with E-state index in [-0.39, 0.29) is 18.8 Å². The molecule has 0 bridgehead atoms. The quantitative estimate of drug-likeness (QED) is 0.748. The van der Waals surface area contributed by atoms with E-state index in [9.17, 15) is 15.0 Å². The second-order valence-electron chi connectivity index (χ2n) is 4.77. The third kappa shape index (κ3) is 2.42. The van der Waals surface area contributed by atoms with Gasteiger partial charge < -0.3 is 19.9 Å². The van der Waals surface area contributed by atoms with Crippen molar-refractivity contribution in [2.45, 2.75) is 26.3 Å². The minimum Gasteiger partial charge on any atom is -0.478 e. The summed E-state index contributed by atoms with van der Waals surface area (Å²) in [6.07, 6.45) is 1.22. The monoisotopic (exact) mass is 277 g/mol. The maximum Gasteiger partial charge on any atom is 0.336 e. The van der Waals surface area contributed by atoms with Gasteiger partial charge >= 0.3 is 5.97 Å². The van der Waals surface area contributed by atoms with E-state index in [0.717, 1.165) is 22.2 Å². The average Bonchev–Trinajstić information content (AvgIpc) is 2.70. The van der Waals surface area contributed by atoms with Crippen molar-refractivity contribution in [1.82, 2.24) is 4.57 Å². The Hall–Kier alpha value is -1.85. The van der Waals surface area contributed by atoms with E-state index >= 15 is 0 Å². The van der Waals surface area contributed by atoms with Crippen LogP contribution in [0.3, 0.4) is 0 Å². The molecule has 2 rings (SSSR count). The zero-order valence-electron chi connectivity index (χ0n) is 11.5. The molecule has 0 saturated heterocycles. The normalized spacial score (nSPS) is 11.2. The van der Waals surface area contributed by atoms with Gasteiger partial charge in [0.1, 0.15) is 0 Å². The minimum absolute atomic E-state index is 0.00135. The summed E-state index contributed by atoms with van der Waals surface area (Å²) in [5, 5.41) is 28.3. The van der Waals surface area contributed by atoms with E-state index in [1.54, 1.807) is 12.1 Å². The van der Waals surface area contributed by atoms with Gasteiger partial charge in [-0.1, -0.05) is 6.07 Å². The number of aliphatic hydroxyl groups excluding tert-OH is 2. The smallest absolute Gasteiger partial charge is 0.336 e. The number of aromatic carboxylic acids is 1. The minimum atomic E-state index is -0.956. The van der Waals surface area contributed by atoms with Crippen molar-refractivity contribution in [2.75, 3.05) is 13.2 Å². The number of fused-ring (bicyclic) bond motifs is 1. The number of carbonyl (C=O) groups is 1. The lowest BCUT2D eigenvalue weighted by Crippen LogP contribution is -2.04. The molecular formula is C15H19NO4. The third-order valence-electron chi connectivity index (χ3n) is 3.62. The van der Waals surface area contributed by atoms with Crippen molar-refractivity contribution in [1.29, 1.82) is 0 Å². The summed E-state index contributed by atoms with van der Waals surface area (Å²) in [4.78, 5) is 11.4. The number of carboxylic acids is 1. The summed E-state index contributed by atoms with van der Waals surface area (Å²) in [6, 6.07) is 5.18. The van der Waals surface area contributed by atoms with Gasteiger partial charge in [0.25, 0.3) is 0 Å². The van der Waals surface area contributed by atoms with E-state index < -0.39 is 5.97 Å². The van der Waals surface area contributed by atoms with Gasteiger partial charge in [0, 0.05) is 29.7 Å². The second-order valence-corrected chi connectivity index (χ2v) is 4.77. The topological polar surface area (TPSA) is 82.7 Å². The number of rotatable bonds is 6. The highest BCUT2D eigenvalue weighted by atomic mass is 16.4. The van der Waals surface area contributed by atoms with Crippen molar-refractivity contribution in [3.8, 4) is 0 Å². The van der Waals surface area contributed by atoms with Gasteiger partial charge in [-0.2, -0.15) is 0 Å². The van der Waals surface area contributed by atoms with Crippen molar-refractivity contribution in [3.05, 3.63) is 35.0 Å². The van der Waals surface area contributed by atoms with Crippen LogP contribution in [0.2, 0.25) is 0 Å². The maximum absolute atomic E-state index is 11.4. The van der Waals surface area contributed by atoms with Crippen LogP contribution in [0, 0.1) is 6.92 Å². The van der Waals surface area contributed by atoms with Crippen LogP contribution >= 0.6 is 0 Å². The molecular weight excluding hydrogens is 258 g/mol. The van der Waals surface area contributed by atoms with Gasteiger partial charge in [-0.05, 0) is 37.5 Å². The molecule has 5 nitrogen and oxygen atoms in total. The summed E-state index contributed by atoms with van der Waals surface area (Å²) < 4.78 is 1.94. The van der Waals surface area contributed by atoms with Crippen LogP contribution in [0.4, 0.5) is 0 Å². The van der Waals surface area contributed by atoms with Gasteiger partial charge in [0.05, 0.1) is 12.2 Å².